The highest BCUT2D eigenvalue weighted by molar-refractivity contribution is 5.77. The van der Waals surface area contributed by atoms with Crippen LogP contribution in [0.3, 0.4) is 0 Å². The van der Waals surface area contributed by atoms with Gasteiger partial charge in [0.1, 0.15) is 0 Å². The van der Waals surface area contributed by atoms with Crippen LogP contribution < -0.4 is 16.0 Å². The molecular formula is C12H15N5O12. The zero-order valence-electron chi connectivity index (χ0n) is 14.5. The van der Waals surface area contributed by atoms with Gasteiger partial charge in [0, 0.05) is 0 Å². The van der Waals surface area contributed by atoms with Crippen molar-refractivity contribution in [3.05, 3.63) is 0 Å². The molecule has 2 rings (SSSR count). The zero-order valence-corrected chi connectivity index (χ0v) is 14.5. The molecule has 2 heterocycles. The number of carbonyl (C=O) groups excluding carboxylic acids is 6. The molecule has 160 valence electrons. The third-order valence-corrected chi connectivity index (χ3v) is 2.67. The Morgan fingerprint density at radius 2 is 1.03 bits per heavy atom. The van der Waals surface area contributed by atoms with Gasteiger partial charge in [0.2, 0.25) is 10.8 Å². The van der Waals surface area contributed by atoms with Crippen molar-refractivity contribution in [3.8, 4) is 0 Å². The van der Waals surface area contributed by atoms with E-state index in [9.17, 15) is 28.8 Å². The van der Waals surface area contributed by atoms with Crippen LogP contribution in [0.4, 0.5) is 0 Å². The maximum atomic E-state index is 11.6. The Balaban J connectivity index is 1.70. The van der Waals surface area contributed by atoms with E-state index in [2.05, 4.69) is 45.0 Å². The molecule has 17 heteroatoms. The molecule has 3 N–H and O–H groups in total. The summed E-state index contributed by atoms with van der Waals surface area (Å²) in [6, 6.07) is 0. The second kappa shape index (κ2) is 10.8. The van der Waals surface area contributed by atoms with E-state index in [0.29, 0.717) is 0 Å². The van der Waals surface area contributed by atoms with Gasteiger partial charge in [-0.1, -0.05) is 0 Å². The quantitative estimate of drug-likeness (QED) is 0.368. The summed E-state index contributed by atoms with van der Waals surface area (Å²) in [7, 11) is 0. The molecule has 29 heavy (non-hydrogen) atoms. The van der Waals surface area contributed by atoms with Crippen molar-refractivity contribution in [2.75, 3.05) is 39.3 Å². The Labute approximate surface area is 160 Å². The summed E-state index contributed by atoms with van der Waals surface area (Å²) < 4.78 is 0. The average Bonchev–Trinajstić information content (AvgIpc) is 2.58. The van der Waals surface area contributed by atoms with E-state index in [1.807, 2.05) is 0 Å². The third kappa shape index (κ3) is 8.45. The first-order valence-corrected chi connectivity index (χ1v) is 7.79. The molecule has 17 nitrogen and oxygen atoms in total. The van der Waals surface area contributed by atoms with Gasteiger partial charge in [0.05, 0.1) is 39.3 Å². The third-order valence-electron chi connectivity index (χ3n) is 2.67. The van der Waals surface area contributed by atoms with Crippen molar-refractivity contribution in [1.82, 2.24) is 26.7 Å². The van der Waals surface area contributed by atoms with Gasteiger partial charge in [-0.05, 0) is 0 Å². The minimum absolute atomic E-state index is 0.0685. The highest BCUT2D eigenvalue weighted by Gasteiger charge is 2.26. The van der Waals surface area contributed by atoms with E-state index in [0.717, 1.165) is 0 Å². The van der Waals surface area contributed by atoms with E-state index in [-0.39, 0.29) is 37.0 Å². The van der Waals surface area contributed by atoms with Crippen molar-refractivity contribution in [1.29, 1.82) is 0 Å². The Hall–Kier alpha value is -3.38. The van der Waals surface area contributed by atoms with Gasteiger partial charge in [-0.2, -0.15) is 0 Å². The van der Waals surface area contributed by atoms with Crippen LogP contribution in [0.2, 0.25) is 0 Å². The summed E-state index contributed by atoms with van der Waals surface area (Å²) in [5.74, 6) is -5.79. The van der Waals surface area contributed by atoms with Crippen LogP contribution in [0.15, 0.2) is 0 Å². The summed E-state index contributed by atoms with van der Waals surface area (Å²) in [5.41, 5.74) is 0. The van der Waals surface area contributed by atoms with Crippen molar-refractivity contribution < 1.29 is 57.8 Å². The number of nitrogens with zero attached hydrogens (tertiary/aromatic N) is 2. The smallest absolute Gasteiger partial charge is 0.299 e. The maximum absolute atomic E-state index is 11.6. The van der Waals surface area contributed by atoms with Gasteiger partial charge >= 0.3 is 35.8 Å². The number of rotatable bonds is 6. The minimum Gasteiger partial charge on any atom is -0.299 e. The first-order valence-electron chi connectivity index (χ1n) is 7.79. The molecule has 0 saturated carbocycles. The lowest BCUT2D eigenvalue weighted by atomic mass is 10.6. The Kier molecular flexibility index (Phi) is 8.18. The van der Waals surface area contributed by atoms with E-state index < -0.39 is 48.9 Å². The number of hydrogen-bond acceptors (Lipinski definition) is 17. The lowest BCUT2D eigenvalue weighted by Gasteiger charge is -2.20. The van der Waals surface area contributed by atoms with Gasteiger partial charge in [-0.3, -0.25) is 45.0 Å². The topological polar surface area (TPSA) is 200 Å². The van der Waals surface area contributed by atoms with Gasteiger partial charge < -0.3 is 0 Å². The van der Waals surface area contributed by atoms with Crippen LogP contribution in [0.5, 0.6) is 0 Å². The molecule has 0 aromatic carbocycles. The summed E-state index contributed by atoms with van der Waals surface area (Å²) in [6.07, 6.45) is 0. The van der Waals surface area contributed by atoms with Gasteiger partial charge in [-0.25, -0.2) is 28.8 Å². The molecule has 0 unspecified atom stereocenters. The monoisotopic (exact) mass is 421 g/mol. The summed E-state index contributed by atoms with van der Waals surface area (Å²) in [5, 5.41) is 6.95. The summed E-state index contributed by atoms with van der Waals surface area (Å²) in [4.78, 5) is 94.9. The fraction of sp³-hybridized carbons (Fsp3) is 0.500. The highest BCUT2D eigenvalue weighted by atomic mass is 17.2. The lowest BCUT2D eigenvalue weighted by molar-refractivity contribution is -0.465. The minimum atomic E-state index is -1.11. The van der Waals surface area contributed by atoms with Crippen LogP contribution in [-0.4, -0.2) is 85.9 Å². The molecular weight excluding hydrogens is 406 g/mol. The Bertz CT molecular complexity index is 592. The second-order valence-corrected chi connectivity index (χ2v) is 5.04. The SMILES string of the molecule is O=C1CNCC(=O)ON(OC(=O)CNCC(=O)ON2OC(=O)CNCC(=O)O2)O1. The zero-order chi connectivity index (χ0) is 21.2. The Morgan fingerprint density at radius 1 is 0.724 bits per heavy atom. The lowest BCUT2D eigenvalue weighted by Crippen LogP contribution is -2.44. The normalized spacial score (nSPS) is 19.3. The van der Waals surface area contributed by atoms with Gasteiger partial charge in [0.15, 0.2) is 0 Å². The van der Waals surface area contributed by atoms with Crippen LogP contribution in [0.25, 0.3) is 0 Å². The number of carbonyl (C=O) groups is 6. The van der Waals surface area contributed by atoms with Crippen LogP contribution in [0.1, 0.15) is 0 Å². The fourth-order valence-electron chi connectivity index (χ4n) is 1.60. The van der Waals surface area contributed by atoms with E-state index >= 15 is 0 Å². The van der Waals surface area contributed by atoms with Crippen LogP contribution in [-0.2, 0) is 57.8 Å². The van der Waals surface area contributed by atoms with Crippen LogP contribution in [0, 0.1) is 0 Å². The Morgan fingerprint density at radius 3 is 1.34 bits per heavy atom. The molecule has 2 aliphatic heterocycles. The van der Waals surface area contributed by atoms with Crippen molar-refractivity contribution >= 4 is 35.8 Å². The molecule has 0 spiro atoms. The first kappa shape index (κ1) is 21.9. The molecule has 2 fully saturated rings. The average molecular weight is 421 g/mol. The predicted molar refractivity (Wildman–Crippen MR) is 78.8 cm³/mol. The van der Waals surface area contributed by atoms with Crippen LogP contribution >= 0.6 is 0 Å². The molecule has 0 aromatic rings. The molecule has 2 saturated heterocycles. The highest BCUT2D eigenvalue weighted by Crippen LogP contribution is 2.00. The van der Waals surface area contributed by atoms with E-state index in [1.54, 1.807) is 0 Å². The summed E-state index contributed by atoms with van der Waals surface area (Å²) in [6.45, 7) is -2.54. The summed E-state index contributed by atoms with van der Waals surface area (Å²) >= 11 is 0. The van der Waals surface area contributed by atoms with Crippen molar-refractivity contribution in [2.45, 2.75) is 0 Å². The molecule has 0 radical (unpaired) electrons. The molecule has 0 amide bonds. The molecule has 0 atom stereocenters. The van der Waals surface area contributed by atoms with E-state index in [1.165, 1.54) is 0 Å². The number of hydrogen-bond donors (Lipinski definition) is 3. The molecule has 0 aromatic heterocycles. The molecule has 0 aliphatic carbocycles. The van der Waals surface area contributed by atoms with Crippen molar-refractivity contribution in [2.24, 2.45) is 0 Å². The van der Waals surface area contributed by atoms with Crippen molar-refractivity contribution in [3.63, 3.8) is 0 Å². The standard InChI is InChI=1S/C12H15N5O12/c18-7-1-13-2-8(19)25-16(24-7)28-11(22)5-15-6-12(23)29-17-26-9(20)3-14-4-10(21)27-17/h13-15H,1-6H2. The van der Waals surface area contributed by atoms with Gasteiger partial charge in [0.25, 0.3) is 0 Å². The molecule has 0 bridgehead atoms. The van der Waals surface area contributed by atoms with E-state index in [4.69, 9.17) is 0 Å². The largest absolute Gasteiger partial charge is 0.346 e. The maximum Gasteiger partial charge on any atom is 0.346 e. The first-order chi connectivity index (χ1) is 13.8. The molecule has 2 aliphatic rings. The fourth-order valence-corrected chi connectivity index (χ4v) is 1.60. The predicted octanol–water partition coefficient (Wildman–Crippen LogP) is -4.86. The van der Waals surface area contributed by atoms with Gasteiger partial charge in [-0.15, -0.1) is 0 Å². The number of nitrogens with one attached hydrogen (secondary N) is 3. The second-order valence-electron chi connectivity index (χ2n) is 5.04.